The van der Waals surface area contributed by atoms with Gasteiger partial charge in [0.05, 0.1) is 24.3 Å². The number of halogens is 3. The average Bonchev–Trinajstić information content (AvgIpc) is 3.87. The molecule has 2 aliphatic rings. The first-order valence-corrected chi connectivity index (χ1v) is 17.6. The lowest BCUT2D eigenvalue weighted by atomic mass is 9.92. The van der Waals surface area contributed by atoms with Gasteiger partial charge in [-0.05, 0) is 115 Å². The van der Waals surface area contributed by atoms with Gasteiger partial charge in [0.15, 0.2) is 5.82 Å². The van der Waals surface area contributed by atoms with E-state index in [1.54, 1.807) is 12.2 Å². The molecule has 2 saturated heterocycles. The summed E-state index contributed by atoms with van der Waals surface area (Å²) in [7, 11) is 1.51. The van der Waals surface area contributed by atoms with Crippen molar-refractivity contribution in [1.82, 2.24) is 20.0 Å². The molecule has 10 heteroatoms. The van der Waals surface area contributed by atoms with Gasteiger partial charge in [-0.15, -0.1) is 0 Å². The van der Waals surface area contributed by atoms with E-state index in [9.17, 15) is 18.3 Å². The van der Waals surface area contributed by atoms with Gasteiger partial charge >= 0.3 is 6.18 Å². The molecule has 266 valence electrons. The molecule has 3 N–H and O–H groups in total. The van der Waals surface area contributed by atoms with Crippen LogP contribution in [0.3, 0.4) is 0 Å². The second-order valence-corrected chi connectivity index (χ2v) is 13.8. The summed E-state index contributed by atoms with van der Waals surface area (Å²) in [5.74, 6) is 1.19. The van der Waals surface area contributed by atoms with Crippen molar-refractivity contribution < 1.29 is 23.0 Å². The van der Waals surface area contributed by atoms with Crippen molar-refractivity contribution in [1.29, 1.82) is 0 Å². The van der Waals surface area contributed by atoms with Crippen molar-refractivity contribution in [2.75, 3.05) is 38.6 Å². The van der Waals surface area contributed by atoms with E-state index >= 15 is 0 Å². The summed E-state index contributed by atoms with van der Waals surface area (Å²) in [5.41, 5.74) is 7.79. The third-order valence-electron chi connectivity index (χ3n) is 10.3. The van der Waals surface area contributed by atoms with E-state index in [0.717, 1.165) is 101 Å². The first-order chi connectivity index (χ1) is 24.6. The average molecular weight is 696 g/mol. The number of H-pyrrole nitrogens is 1. The quantitative estimate of drug-likeness (QED) is 0.127. The second kappa shape index (κ2) is 14.5. The lowest BCUT2D eigenvalue weighted by Crippen LogP contribution is -2.21. The lowest BCUT2D eigenvalue weighted by Gasteiger charge is -2.20. The smallest absolute Gasteiger partial charge is 0.417 e. The molecule has 0 radical (unpaired) electrons. The number of nitrogens with one attached hydrogen (secondary N) is 2. The molecular formula is C41H44F3N5O2. The Morgan fingerprint density at radius 1 is 0.902 bits per heavy atom. The van der Waals surface area contributed by atoms with Crippen molar-refractivity contribution in [2.45, 2.75) is 58.5 Å². The van der Waals surface area contributed by atoms with Gasteiger partial charge in [0.25, 0.3) is 0 Å². The van der Waals surface area contributed by atoms with Crippen LogP contribution in [0.2, 0.25) is 0 Å². The first-order valence-electron chi connectivity index (χ1n) is 17.6. The first kappa shape index (κ1) is 34.8. The van der Waals surface area contributed by atoms with Gasteiger partial charge in [-0.1, -0.05) is 48.6 Å². The summed E-state index contributed by atoms with van der Waals surface area (Å²) in [4.78, 5) is 4.43. The van der Waals surface area contributed by atoms with Crippen LogP contribution in [-0.2, 0) is 19.3 Å². The number of aliphatic hydroxyl groups is 1. The Balaban J connectivity index is 1.16. The minimum atomic E-state index is -4.51. The lowest BCUT2D eigenvalue weighted by molar-refractivity contribution is -0.137. The second-order valence-electron chi connectivity index (χ2n) is 13.8. The number of nitrogens with zero attached hydrogens (tertiary/aromatic N) is 3. The maximum Gasteiger partial charge on any atom is 0.417 e. The van der Waals surface area contributed by atoms with Crippen LogP contribution in [0.1, 0.15) is 58.2 Å². The monoisotopic (exact) mass is 695 g/mol. The molecule has 3 heterocycles. The summed E-state index contributed by atoms with van der Waals surface area (Å²) in [6, 6.07) is 21.0. The van der Waals surface area contributed by atoms with E-state index in [-0.39, 0.29) is 11.7 Å². The van der Waals surface area contributed by atoms with Crippen LogP contribution in [0.4, 0.5) is 24.7 Å². The predicted molar refractivity (Wildman–Crippen MR) is 198 cm³/mol. The molecule has 2 aliphatic heterocycles. The SMILES string of the molecule is COc1cc(/C=C/c2cccc(-c3cccc(Nc4n[nH]c5ccc(CN6CC[C@@H](O)C6)cc45)c3C)c2C)c(C(F)(F)F)cc1CN1CCCC1. The molecule has 0 unspecified atom stereocenters. The summed E-state index contributed by atoms with van der Waals surface area (Å²) in [6.45, 7) is 8.60. The zero-order valence-corrected chi connectivity index (χ0v) is 29.3. The molecule has 2 fully saturated rings. The highest BCUT2D eigenvalue weighted by Crippen LogP contribution is 2.39. The Labute approximate surface area is 296 Å². The van der Waals surface area contributed by atoms with E-state index in [2.05, 4.69) is 50.4 Å². The number of likely N-dealkylation sites (tertiary alicyclic amines) is 2. The van der Waals surface area contributed by atoms with Crippen LogP contribution < -0.4 is 10.1 Å². The van der Waals surface area contributed by atoms with Crippen molar-refractivity contribution in [3.8, 4) is 16.9 Å². The Hall–Kier alpha value is -4.64. The number of ether oxygens (including phenoxy) is 1. The van der Waals surface area contributed by atoms with E-state index < -0.39 is 11.7 Å². The van der Waals surface area contributed by atoms with Crippen LogP contribution in [0, 0.1) is 13.8 Å². The molecule has 7 rings (SSSR count). The molecular weight excluding hydrogens is 651 g/mol. The van der Waals surface area contributed by atoms with Gasteiger partial charge in [-0.2, -0.15) is 18.3 Å². The molecule has 7 nitrogen and oxygen atoms in total. The molecule has 5 aromatic rings. The summed E-state index contributed by atoms with van der Waals surface area (Å²) < 4.78 is 48.7. The van der Waals surface area contributed by atoms with Crippen LogP contribution in [0.5, 0.6) is 5.75 Å². The number of aromatic amines is 1. The van der Waals surface area contributed by atoms with Gasteiger partial charge in [0, 0.05) is 42.8 Å². The maximum absolute atomic E-state index is 14.4. The minimum Gasteiger partial charge on any atom is -0.496 e. The molecule has 51 heavy (non-hydrogen) atoms. The van der Waals surface area contributed by atoms with Gasteiger partial charge in [0.2, 0.25) is 0 Å². The summed E-state index contributed by atoms with van der Waals surface area (Å²) >= 11 is 0. The molecule has 1 aromatic heterocycles. The van der Waals surface area contributed by atoms with Gasteiger partial charge in [0.1, 0.15) is 5.75 Å². The van der Waals surface area contributed by atoms with Crippen molar-refractivity contribution >= 4 is 34.6 Å². The molecule has 0 bridgehead atoms. The molecule has 0 spiro atoms. The number of alkyl halides is 3. The molecule has 0 amide bonds. The Morgan fingerprint density at radius 3 is 2.37 bits per heavy atom. The third-order valence-corrected chi connectivity index (χ3v) is 10.3. The Bertz CT molecular complexity index is 2060. The van der Waals surface area contributed by atoms with Gasteiger partial charge in [-0.25, -0.2) is 0 Å². The number of aliphatic hydroxyl groups excluding tert-OH is 1. The van der Waals surface area contributed by atoms with Crippen LogP contribution in [-0.4, -0.2) is 64.5 Å². The van der Waals surface area contributed by atoms with E-state index in [1.807, 2.05) is 43.3 Å². The summed E-state index contributed by atoms with van der Waals surface area (Å²) in [5, 5.41) is 22.2. The fraction of sp³-hybridized carbons (Fsp3) is 0.341. The van der Waals surface area contributed by atoms with E-state index in [1.165, 1.54) is 19.2 Å². The minimum absolute atomic E-state index is 0.0733. The zero-order chi connectivity index (χ0) is 35.7. The highest BCUT2D eigenvalue weighted by molar-refractivity contribution is 5.93. The predicted octanol–water partition coefficient (Wildman–Crippen LogP) is 8.95. The van der Waals surface area contributed by atoms with E-state index in [0.29, 0.717) is 24.4 Å². The molecule has 1 atom stereocenters. The number of fused-ring (bicyclic) bond motifs is 1. The number of β-amino-alcohol motifs (C(OH)–C–C–N with tert-alkyl or cyclic N) is 1. The van der Waals surface area contributed by atoms with Crippen molar-refractivity contribution in [3.05, 3.63) is 106 Å². The number of rotatable bonds is 10. The molecule has 0 saturated carbocycles. The number of hydrogen-bond acceptors (Lipinski definition) is 6. The fourth-order valence-electron chi connectivity index (χ4n) is 7.48. The number of anilines is 2. The number of methoxy groups -OCH3 is 1. The zero-order valence-electron chi connectivity index (χ0n) is 29.3. The van der Waals surface area contributed by atoms with Crippen molar-refractivity contribution in [2.24, 2.45) is 0 Å². The van der Waals surface area contributed by atoms with E-state index in [4.69, 9.17) is 4.74 Å². The third kappa shape index (κ3) is 7.54. The van der Waals surface area contributed by atoms with Crippen LogP contribution in [0.25, 0.3) is 34.2 Å². The Morgan fingerprint density at radius 2 is 1.65 bits per heavy atom. The largest absolute Gasteiger partial charge is 0.496 e. The topological polar surface area (TPSA) is 76.6 Å². The maximum atomic E-state index is 14.4. The standard InChI is InChI=1S/C41H44F3N5O2/c1-26-29(13-14-30-22-39(51-3)31(21-36(30)41(42,43)44)24-48-17-4-5-18-48)8-6-9-33(26)34-10-7-11-37(27(34)2)45-40-35-20-28(12-15-38(35)46-47-40)23-49-19-16-32(50)25-49/h6-15,20-22,32,50H,4-5,16-19,23-25H2,1-3H3,(H2,45,46,47)/b14-13+/t32-/m1/s1. The highest BCUT2D eigenvalue weighted by Gasteiger charge is 2.34. The molecule has 4 aromatic carbocycles. The van der Waals surface area contributed by atoms with Gasteiger partial charge in [-0.3, -0.25) is 14.9 Å². The van der Waals surface area contributed by atoms with Crippen molar-refractivity contribution in [3.63, 3.8) is 0 Å². The normalized spacial score (nSPS) is 17.3. The fourth-order valence-corrected chi connectivity index (χ4v) is 7.48. The Kier molecular flexibility index (Phi) is 9.92. The number of aromatic nitrogens is 2. The number of benzene rings is 4. The van der Waals surface area contributed by atoms with Crippen LogP contribution in [0.15, 0.2) is 66.7 Å². The van der Waals surface area contributed by atoms with Crippen LogP contribution >= 0.6 is 0 Å². The molecule has 0 aliphatic carbocycles. The number of hydrogen-bond donors (Lipinski definition) is 3. The summed E-state index contributed by atoms with van der Waals surface area (Å²) in [6.07, 6.45) is 1.46. The highest BCUT2D eigenvalue weighted by atomic mass is 19.4. The van der Waals surface area contributed by atoms with Gasteiger partial charge < -0.3 is 15.2 Å².